The summed E-state index contributed by atoms with van der Waals surface area (Å²) >= 11 is 0. The van der Waals surface area contributed by atoms with Gasteiger partial charge in [0.2, 0.25) is 0 Å². The molecule has 0 bridgehead atoms. The van der Waals surface area contributed by atoms with Gasteiger partial charge >= 0.3 is 12.1 Å². The van der Waals surface area contributed by atoms with Crippen molar-refractivity contribution in [2.45, 2.75) is 38.4 Å². The molecule has 0 radical (unpaired) electrons. The number of benzene rings is 1. The largest absolute Gasteiger partial charge is 0.478 e. The minimum absolute atomic E-state index is 0.216. The van der Waals surface area contributed by atoms with Gasteiger partial charge in [0.15, 0.2) is 0 Å². The lowest BCUT2D eigenvalue weighted by Crippen LogP contribution is -2.36. The molecule has 1 unspecified atom stereocenters. The van der Waals surface area contributed by atoms with Gasteiger partial charge in [-0.15, -0.1) is 0 Å². The van der Waals surface area contributed by atoms with E-state index in [1.54, 1.807) is 0 Å². The molecule has 2 N–H and O–H groups in total. The second kappa shape index (κ2) is 6.44. The van der Waals surface area contributed by atoms with Gasteiger partial charge in [0.25, 0.3) is 5.91 Å². The molecule has 0 heterocycles. The number of nitrogens with one attached hydrogen (secondary N) is 1. The molecule has 4 nitrogen and oxygen atoms in total. The van der Waals surface area contributed by atoms with Gasteiger partial charge in [0.1, 0.15) is 0 Å². The standard InChI is InChI=1S/C16H16F3NO3/c1-9-2-5-11(6-3-9)20-14(21)12-7-4-10(15(22)23)8-13(12)16(17,18)19/h2,4,7-8,11H,3,5-6H2,1H3,(H,20,21)(H,22,23). The Morgan fingerprint density at radius 1 is 1.30 bits per heavy atom. The third-order valence-electron chi connectivity index (χ3n) is 3.79. The van der Waals surface area contributed by atoms with Gasteiger partial charge in [-0.05, 0) is 44.4 Å². The third kappa shape index (κ3) is 4.12. The highest BCUT2D eigenvalue weighted by atomic mass is 19.4. The first kappa shape index (κ1) is 17.1. The molecule has 0 aromatic heterocycles. The van der Waals surface area contributed by atoms with Crippen molar-refractivity contribution < 1.29 is 27.9 Å². The van der Waals surface area contributed by atoms with E-state index in [0.717, 1.165) is 18.6 Å². The zero-order valence-corrected chi connectivity index (χ0v) is 12.4. The Balaban J connectivity index is 2.27. The molecule has 23 heavy (non-hydrogen) atoms. The van der Waals surface area contributed by atoms with Crippen LogP contribution < -0.4 is 5.32 Å². The molecule has 2 rings (SSSR count). The van der Waals surface area contributed by atoms with Crippen LogP contribution in [0.15, 0.2) is 29.8 Å². The monoisotopic (exact) mass is 327 g/mol. The number of hydrogen-bond donors (Lipinski definition) is 2. The van der Waals surface area contributed by atoms with Gasteiger partial charge in [-0.3, -0.25) is 4.79 Å². The summed E-state index contributed by atoms with van der Waals surface area (Å²) in [6, 6.07) is 2.18. The van der Waals surface area contributed by atoms with E-state index in [2.05, 4.69) is 5.32 Å². The number of carboxylic acid groups (broad SMARTS) is 1. The first-order chi connectivity index (χ1) is 10.7. The predicted molar refractivity (Wildman–Crippen MR) is 77.3 cm³/mol. The van der Waals surface area contributed by atoms with E-state index in [1.807, 2.05) is 13.0 Å². The third-order valence-corrected chi connectivity index (χ3v) is 3.79. The maximum absolute atomic E-state index is 13.1. The van der Waals surface area contributed by atoms with Crippen molar-refractivity contribution in [1.82, 2.24) is 5.32 Å². The van der Waals surface area contributed by atoms with Crippen molar-refractivity contribution in [3.63, 3.8) is 0 Å². The van der Waals surface area contributed by atoms with Crippen molar-refractivity contribution in [1.29, 1.82) is 0 Å². The Kier molecular flexibility index (Phi) is 4.77. The fraction of sp³-hybridized carbons (Fsp3) is 0.375. The zero-order valence-electron chi connectivity index (χ0n) is 12.4. The lowest BCUT2D eigenvalue weighted by molar-refractivity contribution is -0.138. The highest BCUT2D eigenvalue weighted by molar-refractivity contribution is 5.97. The van der Waals surface area contributed by atoms with Crippen molar-refractivity contribution in [3.8, 4) is 0 Å². The second-order valence-corrected chi connectivity index (χ2v) is 5.56. The summed E-state index contributed by atoms with van der Waals surface area (Å²) in [4.78, 5) is 23.0. The van der Waals surface area contributed by atoms with E-state index in [1.165, 1.54) is 5.57 Å². The van der Waals surface area contributed by atoms with E-state index in [4.69, 9.17) is 5.11 Å². The molecule has 1 aromatic rings. The fourth-order valence-electron chi connectivity index (χ4n) is 2.47. The summed E-state index contributed by atoms with van der Waals surface area (Å²) in [7, 11) is 0. The van der Waals surface area contributed by atoms with E-state index >= 15 is 0 Å². The van der Waals surface area contributed by atoms with E-state index in [0.29, 0.717) is 18.9 Å². The van der Waals surface area contributed by atoms with Crippen LogP contribution in [0.2, 0.25) is 0 Å². The van der Waals surface area contributed by atoms with Gasteiger partial charge < -0.3 is 10.4 Å². The Bertz CT molecular complexity index is 665. The highest BCUT2D eigenvalue weighted by Gasteiger charge is 2.36. The quantitative estimate of drug-likeness (QED) is 0.833. The maximum atomic E-state index is 13.1. The lowest BCUT2D eigenvalue weighted by atomic mass is 9.95. The second-order valence-electron chi connectivity index (χ2n) is 5.56. The molecule has 1 aliphatic rings. The summed E-state index contributed by atoms with van der Waals surface area (Å²) in [5, 5.41) is 11.4. The van der Waals surface area contributed by atoms with E-state index in [9.17, 15) is 22.8 Å². The number of carbonyl (C=O) groups is 2. The Labute approximate surface area is 131 Å². The topological polar surface area (TPSA) is 66.4 Å². The predicted octanol–water partition coefficient (Wildman–Crippen LogP) is 3.63. The average Bonchev–Trinajstić information content (AvgIpc) is 2.48. The number of aromatic carboxylic acids is 1. The maximum Gasteiger partial charge on any atom is 0.417 e. The van der Waals surface area contributed by atoms with Gasteiger partial charge in [-0.1, -0.05) is 11.6 Å². The van der Waals surface area contributed by atoms with Crippen molar-refractivity contribution >= 4 is 11.9 Å². The SMILES string of the molecule is CC1=CCC(NC(=O)c2ccc(C(=O)O)cc2C(F)(F)F)CC1. The molecule has 0 saturated carbocycles. The molecule has 1 aromatic carbocycles. The number of amides is 1. The smallest absolute Gasteiger partial charge is 0.417 e. The molecule has 1 amide bonds. The van der Waals surface area contributed by atoms with Gasteiger partial charge in [-0.25, -0.2) is 4.79 Å². The first-order valence-corrected chi connectivity index (χ1v) is 7.09. The van der Waals surface area contributed by atoms with Crippen LogP contribution in [0.4, 0.5) is 13.2 Å². The molecule has 7 heteroatoms. The molecule has 1 atom stereocenters. The number of carbonyl (C=O) groups excluding carboxylic acids is 1. The van der Waals surface area contributed by atoms with Crippen LogP contribution in [0, 0.1) is 0 Å². The number of alkyl halides is 3. The summed E-state index contributed by atoms with van der Waals surface area (Å²) < 4.78 is 39.3. The Morgan fingerprint density at radius 3 is 2.52 bits per heavy atom. The number of rotatable bonds is 3. The van der Waals surface area contributed by atoms with Crippen LogP contribution in [0.5, 0.6) is 0 Å². The molecular formula is C16H16F3NO3. The number of halogens is 3. The van der Waals surface area contributed by atoms with Crippen LogP contribution in [0.3, 0.4) is 0 Å². The van der Waals surface area contributed by atoms with Crippen LogP contribution in [-0.2, 0) is 6.18 Å². The van der Waals surface area contributed by atoms with Crippen LogP contribution >= 0.6 is 0 Å². The Hall–Kier alpha value is -2.31. The van der Waals surface area contributed by atoms with Crippen molar-refractivity contribution in [2.24, 2.45) is 0 Å². The molecule has 0 fully saturated rings. The first-order valence-electron chi connectivity index (χ1n) is 7.09. The van der Waals surface area contributed by atoms with Crippen LogP contribution in [0.25, 0.3) is 0 Å². The van der Waals surface area contributed by atoms with E-state index < -0.39 is 34.7 Å². The van der Waals surface area contributed by atoms with Crippen LogP contribution in [-0.4, -0.2) is 23.0 Å². The molecule has 0 saturated heterocycles. The summed E-state index contributed by atoms with van der Waals surface area (Å²) in [5.41, 5.74) is -1.12. The lowest BCUT2D eigenvalue weighted by Gasteiger charge is -2.22. The normalized spacial score (nSPS) is 18.3. The summed E-state index contributed by atoms with van der Waals surface area (Å²) in [6.07, 6.45) is -0.822. The van der Waals surface area contributed by atoms with Crippen molar-refractivity contribution in [2.75, 3.05) is 0 Å². The molecule has 0 spiro atoms. The minimum Gasteiger partial charge on any atom is -0.478 e. The highest BCUT2D eigenvalue weighted by Crippen LogP contribution is 2.33. The van der Waals surface area contributed by atoms with Gasteiger partial charge in [0, 0.05) is 6.04 Å². The molecule has 0 aliphatic heterocycles. The summed E-state index contributed by atoms with van der Waals surface area (Å²) in [5.74, 6) is -2.32. The minimum atomic E-state index is -4.80. The number of carboxylic acids is 1. The fourth-order valence-corrected chi connectivity index (χ4v) is 2.47. The number of allylic oxidation sites excluding steroid dienone is 1. The van der Waals surface area contributed by atoms with Gasteiger partial charge in [0.05, 0.1) is 16.7 Å². The van der Waals surface area contributed by atoms with Crippen LogP contribution in [0.1, 0.15) is 52.5 Å². The molecule has 124 valence electrons. The molecular weight excluding hydrogens is 311 g/mol. The Morgan fingerprint density at radius 2 is 2.00 bits per heavy atom. The number of hydrogen-bond acceptors (Lipinski definition) is 2. The van der Waals surface area contributed by atoms with Gasteiger partial charge in [-0.2, -0.15) is 13.2 Å². The average molecular weight is 327 g/mol. The molecule has 1 aliphatic carbocycles. The summed E-state index contributed by atoms with van der Waals surface area (Å²) in [6.45, 7) is 1.96. The zero-order chi connectivity index (χ0) is 17.2. The van der Waals surface area contributed by atoms with Crippen molar-refractivity contribution in [3.05, 3.63) is 46.5 Å². The van der Waals surface area contributed by atoms with E-state index in [-0.39, 0.29) is 6.04 Å².